The molecule has 0 saturated heterocycles. The number of benzene rings is 6. The van der Waals surface area contributed by atoms with Gasteiger partial charge in [0.1, 0.15) is 5.58 Å². The van der Waals surface area contributed by atoms with Crippen molar-refractivity contribution in [1.29, 1.82) is 0 Å². The van der Waals surface area contributed by atoms with Gasteiger partial charge in [0.2, 0.25) is 0 Å². The highest BCUT2D eigenvalue weighted by atomic mass is 16.3. The van der Waals surface area contributed by atoms with Gasteiger partial charge in [0.05, 0.1) is 17.0 Å². The summed E-state index contributed by atoms with van der Waals surface area (Å²) < 4.78 is 7.71. The highest BCUT2D eigenvalue weighted by molar-refractivity contribution is 7.00. The highest BCUT2D eigenvalue weighted by Crippen LogP contribution is 2.55. The van der Waals surface area contributed by atoms with E-state index in [1.807, 2.05) is 0 Å². The molecule has 0 unspecified atom stereocenters. The zero-order valence-electron chi connectivity index (χ0n) is 45.6. The van der Waals surface area contributed by atoms with Gasteiger partial charge < -0.3 is 14.2 Å². The summed E-state index contributed by atoms with van der Waals surface area (Å²) in [5.41, 5.74) is 24.1. The molecular formula is C66H77BN2O. The Morgan fingerprint density at radius 2 is 0.971 bits per heavy atom. The zero-order chi connectivity index (χ0) is 50.0. The quantitative estimate of drug-likeness (QED) is 0.165. The van der Waals surface area contributed by atoms with Crippen LogP contribution in [-0.4, -0.2) is 6.71 Å². The molecule has 2 aliphatic carbocycles. The van der Waals surface area contributed by atoms with E-state index in [-0.39, 0.29) is 44.6 Å². The lowest BCUT2D eigenvalue weighted by molar-refractivity contribution is 0.332. The van der Waals surface area contributed by atoms with Crippen LogP contribution in [0.2, 0.25) is 0 Å². The lowest BCUT2D eigenvalue weighted by Crippen LogP contribution is -2.61. The zero-order valence-corrected chi connectivity index (χ0v) is 45.6. The number of nitrogens with zero attached hydrogens (tertiary/aromatic N) is 2. The molecule has 4 heteroatoms. The Morgan fingerprint density at radius 3 is 1.56 bits per heavy atom. The summed E-state index contributed by atoms with van der Waals surface area (Å²) in [5.74, 6) is 0. The first-order chi connectivity index (χ1) is 32.6. The summed E-state index contributed by atoms with van der Waals surface area (Å²) in [5, 5.41) is 1.21. The van der Waals surface area contributed by atoms with Crippen molar-refractivity contribution in [3.63, 3.8) is 0 Å². The fraction of sp³-hybridized carbons (Fsp3) is 0.424. The third kappa shape index (κ3) is 7.18. The maximum absolute atomic E-state index is 7.71. The van der Waals surface area contributed by atoms with Gasteiger partial charge in [-0.05, 0) is 174 Å². The third-order valence-corrected chi connectivity index (χ3v) is 17.6. The number of rotatable bonds is 3. The molecule has 2 aliphatic heterocycles. The highest BCUT2D eigenvalue weighted by Gasteiger charge is 2.49. The van der Waals surface area contributed by atoms with Gasteiger partial charge >= 0.3 is 0 Å². The second-order valence-electron chi connectivity index (χ2n) is 27.6. The van der Waals surface area contributed by atoms with Crippen LogP contribution in [0.15, 0.2) is 114 Å². The molecule has 0 bridgehead atoms. The van der Waals surface area contributed by atoms with Crippen LogP contribution in [0.5, 0.6) is 0 Å². The molecule has 0 saturated carbocycles. The Balaban J connectivity index is 1.31. The molecule has 3 heterocycles. The Kier molecular flexibility index (Phi) is 10.1. The van der Waals surface area contributed by atoms with Crippen LogP contribution in [0.3, 0.4) is 0 Å². The molecule has 0 spiro atoms. The first-order valence-electron chi connectivity index (χ1n) is 26.5. The maximum atomic E-state index is 7.71. The van der Waals surface area contributed by atoms with Gasteiger partial charge in [0.15, 0.2) is 0 Å². The van der Waals surface area contributed by atoms with E-state index in [9.17, 15) is 0 Å². The monoisotopic (exact) mass is 925 g/mol. The molecule has 0 fully saturated rings. The minimum absolute atomic E-state index is 0.0274. The van der Waals surface area contributed by atoms with Gasteiger partial charge in [0.25, 0.3) is 6.71 Å². The summed E-state index contributed by atoms with van der Waals surface area (Å²) in [6, 6.07) is 43.3. The van der Waals surface area contributed by atoms with Gasteiger partial charge in [-0.3, -0.25) is 0 Å². The van der Waals surface area contributed by atoms with Crippen LogP contribution in [0.4, 0.5) is 34.1 Å². The van der Waals surface area contributed by atoms with Crippen LogP contribution in [-0.2, 0) is 37.9 Å². The van der Waals surface area contributed by atoms with Crippen LogP contribution in [0, 0.1) is 0 Å². The molecule has 4 aliphatic rings. The topological polar surface area (TPSA) is 19.6 Å². The molecule has 0 amide bonds. The summed E-state index contributed by atoms with van der Waals surface area (Å²) >= 11 is 0. The fourth-order valence-corrected chi connectivity index (χ4v) is 12.7. The summed E-state index contributed by atoms with van der Waals surface area (Å²) in [7, 11) is 0. The largest absolute Gasteiger partial charge is 0.468 e. The van der Waals surface area contributed by atoms with Gasteiger partial charge in [0, 0.05) is 33.7 Å². The van der Waals surface area contributed by atoms with Crippen LogP contribution in [0.1, 0.15) is 182 Å². The Labute approximate surface area is 421 Å². The molecule has 6 aromatic carbocycles. The first kappa shape index (κ1) is 46.9. The van der Waals surface area contributed by atoms with E-state index in [0.717, 1.165) is 30.5 Å². The van der Waals surface area contributed by atoms with E-state index in [2.05, 4.69) is 237 Å². The van der Waals surface area contributed by atoms with E-state index in [4.69, 9.17) is 4.42 Å². The molecule has 11 rings (SSSR count). The second kappa shape index (κ2) is 15.0. The predicted octanol–water partition coefficient (Wildman–Crippen LogP) is 16.8. The average Bonchev–Trinajstić information content (AvgIpc) is 3.66. The fourth-order valence-electron chi connectivity index (χ4n) is 12.7. The van der Waals surface area contributed by atoms with Crippen LogP contribution in [0.25, 0.3) is 22.1 Å². The lowest BCUT2D eigenvalue weighted by atomic mass is 9.35. The van der Waals surface area contributed by atoms with Crippen molar-refractivity contribution in [2.75, 3.05) is 9.80 Å². The van der Waals surface area contributed by atoms with Crippen molar-refractivity contribution in [1.82, 2.24) is 0 Å². The van der Waals surface area contributed by atoms with Gasteiger partial charge in [-0.15, -0.1) is 0 Å². The molecule has 7 aromatic rings. The minimum atomic E-state index is -0.150. The van der Waals surface area contributed by atoms with Crippen LogP contribution < -0.4 is 26.4 Å². The van der Waals surface area contributed by atoms with Crippen molar-refractivity contribution < 1.29 is 4.42 Å². The summed E-state index contributed by atoms with van der Waals surface area (Å²) in [4.78, 5) is 5.30. The second-order valence-corrected chi connectivity index (χ2v) is 27.6. The number of furan rings is 1. The van der Waals surface area contributed by atoms with Crippen molar-refractivity contribution >= 4 is 68.4 Å². The number of hydrogen-bond donors (Lipinski definition) is 0. The van der Waals surface area contributed by atoms with Crippen molar-refractivity contribution in [3.8, 4) is 11.1 Å². The van der Waals surface area contributed by atoms with E-state index in [1.165, 1.54) is 107 Å². The van der Waals surface area contributed by atoms with Crippen molar-refractivity contribution in [2.24, 2.45) is 0 Å². The SMILES string of the molecule is CC(C)(C)c1ccc2c(c1)B1c3oc4cc5c(cc4c3N(c3ccc4c(c3)C(C)(C)CCC4(C)C)c3cc(C(C)(C)C)cc(c31)N2c1ccc(C(C)(C)C)cc1-c1ccccc1)C(C)(C)CCC5(C)C. The van der Waals surface area contributed by atoms with E-state index < -0.39 is 0 Å². The molecule has 0 N–H and O–H groups in total. The first-order valence-corrected chi connectivity index (χ1v) is 26.5. The molecule has 1 aromatic heterocycles. The predicted molar refractivity (Wildman–Crippen MR) is 302 cm³/mol. The molecule has 0 radical (unpaired) electrons. The standard InChI is InChI=1S/C66H77BN2O/c1-60(2,3)41-23-27-52(45(33-41)40-21-19-18-20-22-40)69-53-28-24-42(61(4,5)6)34-51(53)67-57-54(35-43(36-55(57)69)62(7,8)9)68(44-25-26-47-48(37-44)64(12,13)30-29-63(47,10)11)58-46-38-49-50(39-56(46)70-59(58)67)66(16,17)32-31-65(49,14)15/h18-28,33-39H,29-32H2,1-17H3. The van der Waals surface area contributed by atoms with E-state index >= 15 is 0 Å². The Hall–Kier alpha value is -5.48. The number of fused-ring (bicyclic) bond motifs is 8. The summed E-state index contributed by atoms with van der Waals surface area (Å²) in [6.45, 7) is 40.6. The molecule has 360 valence electrons. The Bertz CT molecular complexity index is 3280. The van der Waals surface area contributed by atoms with Gasteiger partial charge in [-0.1, -0.05) is 172 Å². The number of hydrogen-bond acceptors (Lipinski definition) is 3. The van der Waals surface area contributed by atoms with Gasteiger partial charge in [-0.2, -0.15) is 0 Å². The average molecular weight is 925 g/mol. The normalized spacial score (nSPS) is 18.5. The van der Waals surface area contributed by atoms with Crippen LogP contribution >= 0.6 is 0 Å². The molecular weight excluding hydrogens is 848 g/mol. The minimum Gasteiger partial charge on any atom is -0.468 e. The van der Waals surface area contributed by atoms with E-state index in [1.54, 1.807) is 0 Å². The summed E-state index contributed by atoms with van der Waals surface area (Å²) in [6.07, 6.45) is 4.64. The molecule has 3 nitrogen and oxygen atoms in total. The number of anilines is 6. The third-order valence-electron chi connectivity index (χ3n) is 17.6. The maximum Gasteiger partial charge on any atom is 0.297 e. The smallest absolute Gasteiger partial charge is 0.297 e. The van der Waals surface area contributed by atoms with E-state index in [0.29, 0.717) is 0 Å². The lowest BCUT2D eigenvalue weighted by Gasteiger charge is -2.45. The molecule has 0 atom stereocenters. The van der Waals surface area contributed by atoms with Crippen molar-refractivity contribution in [2.45, 2.75) is 181 Å². The van der Waals surface area contributed by atoms with Crippen molar-refractivity contribution in [3.05, 3.63) is 148 Å². The molecule has 70 heavy (non-hydrogen) atoms. The van der Waals surface area contributed by atoms with Gasteiger partial charge in [-0.25, -0.2) is 0 Å². The Morgan fingerprint density at radius 1 is 0.457 bits per heavy atom.